The number of carbonyl (C=O) groups is 1. The molecule has 0 saturated carbocycles. The fourth-order valence-electron chi connectivity index (χ4n) is 2.90. The van der Waals surface area contributed by atoms with Crippen molar-refractivity contribution < 1.29 is 9.53 Å². The van der Waals surface area contributed by atoms with E-state index >= 15 is 0 Å². The maximum absolute atomic E-state index is 12.4. The number of anilines is 3. The number of hydrogen-bond acceptors (Lipinski definition) is 6. The Labute approximate surface area is 160 Å². The quantitative estimate of drug-likeness (QED) is 0.778. The molecule has 2 N–H and O–H groups in total. The van der Waals surface area contributed by atoms with Gasteiger partial charge in [-0.25, -0.2) is 4.98 Å². The van der Waals surface area contributed by atoms with E-state index in [-0.39, 0.29) is 5.91 Å². The molecule has 0 radical (unpaired) electrons. The number of ether oxygens (including phenoxy) is 1. The summed E-state index contributed by atoms with van der Waals surface area (Å²) in [5.74, 6) is 0.558. The van der Waals surface area contributed by atoms with Crippen molar-refractivity contribution in [2.24, 2.45) is 0 Å². The van der Waals surface area contributed by atoms with Gasteiger partial charge in [-0.2, -0.15) is 0 Å². The minimum atomic E-state index is -0.0873. The third kappa shape index (κ3) is 5.67. The van der Waals surface area contributed by atoms with Crippen molar-refractivity contribution in [1.29, 1.82) is 0 Å². The number of nitrogens with one attached hydrogen (secondary N) is 2. The van der Waals surface area contributed by atoms with E-state index in [4.69, 9.17) is 4.74 Å². The minimum absolute atomic E-state index is 0.0873. The highest BCUT2D eigenvalue weighted by molar-refractivity contribution is 5.94. The van der Waals surface area contributed by atoms with Crippen molar-refractivity contribution in [2.75, 3.05) is 63.7 Å². The smallest absolute Gasteiger partial charge is 0.251 e. The lowest BCUT2D eigenvalue weighted by Gasteiger charge is -2.26. The lowest BCUT2D eigenvalue weighted by atomic mass is 10.2. The van der Waals surface area contributed by atoms with Crippen LogP contribution in [0.4, 0.5) is 17.2 Å². The first-order chi connectivity index (χ1) is 13.1. The largest absolute Gasteiger partial charge is 0.379 e. The Kier molecular flexibility index (Phi) is 6.62. The van der Waals surface area contributed by atoms with Gasteiger partial charge < -0.3 is 20.3 Å². The third-order valence-electron chi connectivity index (χ3n) is 4.47. The van der Waals surface area contributed by atoms with E-state index in [2.05, 4.69) is 20.5 Å². The lowest BCUT2D eigenvalue weighted by molar-refractivity contribution is 0.0383. The van der Waals surface area contributed by atoms with Crippen molar-refractivity contribution in [3.63, 3.8) is 0 Å². The zero-order valence-corrected chi connectivity index (χ0v) is 15.9. The summed E-state index contributed by atoms with van der Waals surface area (Å²) in [5.41, 5.74) is 2.62. The Hall–Kier alpha value is -2.64. The standard InChI is InChI=1S/C20H27N5O2/c1-24(2)18-5-3-4-17(15-18)23-19-14-16(6-7-21-19)20(26)22-8-9-25-10-12-27-13-11-25/h3-7,14-15H,8-13H2,1-2H3,(H,21,23)(H,22,26). The van der Waals surface area contributed by atoms with Crippen molar-refractivity contribution in [2.45, 2.75) is 0 Å². The number of aromatic nitrogens is 1. The van der Waals surface area contributed by atoms with E-state index in [0.29, 0.717) is 17.9 Å². The molecule has 0 atom stereocenters. The SMILES string of the molecule is CN(C)c1cccc(Nc2cc(C(=O)NCCN3CCOCC3)ccn2)c1. The Balaban J connectivity index is 1.56. The second kappa shape index (κ2) is 9.34. The molecule has 7 nitrogen and oxygen atoms in total. The van der Waals surface area contributed by atoms with Gasteiger partial charge >= 0.3 is 0 Å². The van der Waals surface area contributed by atoms with Crippen LogP contribution in [0.3, 0.4) is 0 Å². The molecule has 1 fully saturated rings. The van der Waals surface area contributed by atoms with E-state index in [1.165, 1.54) is 0 Å². The molecule has 1 aliphatic heterocycles. The Morgan fingerprint density at radius 2 is 2.04 bits per heavy atom. The summed E-state index contributed by atoms with van der Waals surface area (Å²) >= 11 is 0. The van der Waals surface area contributed by atoms with Crippen molar-refractivity contribution in [3.05, 3.63) is 48.2 Å². The second-order valence-electron chi connectivity index (χ2n) is 6.71. The molecule has 0 spiro atoms. The molecule has 2 aromatic rings. The van der Waals surface area contributed by atoms with Crippen LogP contribution in [0.5, 0.6) is 0 Å². The summed E-state index contributed by atoms with van der Waals surface area (Å²) in [7, 11) is 4.00. The molecule has 1 aromatic carbocycles. The van der Waals surface area contributed by atoms with Crippen LogP contribution in [0.25, 0.3) is 0 Å². The van der Waals surface area contributed by atoms with Crippen LogP contribution < -0.4 is 15.5 Å². The van der Waals surface area contributed by atoms with E-state index < -0.39 is 0 Å². The van der Waals surface area contributed by atoms with Crippen molar-refractivity contribution >= 4 is 23.1 Å². The molecule has 7 heteroatoms. The monoisotopic (exact) mass is 369 g/mol. The Morgan fingerprint density at radius 3 is 2.81 bits per heavy atom. The number of carbonyl (C=O) groups excluding carboxylic acids is 1. The number of amides is 1. The summed E-state index contributed by atoms with van der Waals surface area (Å²) in [6.45, 7) is 4.83. The van der Waals surface area contributed by atoms with Gasteiger partial charge in [-0.1, -0.05) is 6.07 Å². The number of benzene rings is 1. The van der Waals surface area contributed by atoms with Crippen LogP contribution in [0.15, 0.2) is 42.6 Å². The molecule has 1 amide bonds. The highest BCUT2D eigenvalue weighted by atomic mass is 16.5. The van der Waals surface area contributed by atoms with Crippen LogP contribution in [0.1, 0.15) is 10.4 Å². The van der Waals surface area contributed by atoms with E-state index in [0.717, 1.165) is 44.2 Å². The van der Waals surface area contributed by atoms with E-state index in [1.54, 1.807) is 18.3 Å². The van der Waals surface area contributed by atoms with E-state index in [1.807, 2.05) is 43.3 Å². The van der Waals surface area contributed by atoms with Gasteiger partial charge in [-0.3, -0.25) is 9.69 Å². The molecule has 3 rings (SSSR count). The number of hydrogen-bond donors (Lipinski definition) is 2. The zero-order chi connectivity index (χ0) is 19.1. The molecule has 2 heterocycles. The molecule has 144 valence electrons. The minimum Gasteiger partial charge on any atom is -0.379 e. The second-order valence-corrected chi connectivity index (χ2v) is 6.71. The molecular weight excluding hydrogens is 342 g/mol. The summed E-state index contributed by atoms with van der Waals surface area (Å²) in [4.78, 5) is 21.1. The van der Waals surface area contributed by atoms with Gasteiger partial charge in [0.05, 0.1) is 13.2 Å². The average Bonchev–Trinajstić information content (AvgIpc) is 2.69. The van der Waals surface area contributed by atoms with Crippen molar-refractivity contribution in [3.8, 4) is 0 Å². The predicted molar refractivity (Wildman–Crippen MR) is 108 cm³/mol. The van der Waals surface area contributed by atoms with Crippen LogP contribution >= 0.6 is 0 Å². The summed E-state index contributed by atoms with van der Waals surface area (Å²) < 4.78 is 5.33. The fraction of sp³-hybridized carbons (Fsp3) is 0.400. The topological polar surface area (TPSA) is 69.7 Å². The van der Waals surface area contributed by atoms with Crippen molar-refractivity contribution in [1.82, 2.24) is 15.2 Å². The highest BCUT2D eigenvalue weighted by Crippen LogP contribution is 2.20. The van der Waals surface area contributed by atoms with Crippen LogP contribution in [-0.4, -0.2) is 69.3 Å². The highest BCUT2D eigenvalue weighted by Gasteiger charge is 2.11. The maximum atomic E-state index is 12.4. The van der Waals surface area contributed by atoms with Gasteiger partial charge in [0, 0.05) is 63.4 Å². The molecule has 1 aromatic heterocycles. The predicted octanol–water partition coefficient (Wildman–Crippen LogP) is 1.95. The number of morpholine rings is 1. The first-order valence-corrected chi connectivity index (χ1v) is 9.20. The summed E-state index contributed by atoms with van der Waals surface area (Å²) in [6.07, 6.45) is 1.65. The van der Waals surface area contributed by atoms with Crippen LogP contribution in [-0.2, 0) is 4.74 Å². The van der Waals surface area contributed by atoms with E-state index in [9.17, 15) is 4.79 Å². The third-order valence-corrected chi connectivity index (χ3v) is 4.47. The summed E-state index contributed by atoms with van der Waals surface area (Å²) in [6, 6.07) is 11.5. The van der Waals surface area contributed by atoms with Gasteiger partial charge in [0.2, 0.25) is 0 Å². The zero-order valence-electron chi connectivity index (χ0n) is 15.9. The average molecular weight is 369 g/mol. The molecule has 0 bridgehead atoms. The molecule has 0 aliphatic carbocycles. The molecule has 27 heavy (non-hydrogen) atoms. The van der Waals surface area contributed by atoms with Gasteiger partial charge in [-0.05, 0) is 30.3 Å². The van der Waals surface area contributed by atoms with Crippen LogP contribution in [0.2, 0.25) is 0 Å². The van der Waals surface area contributed by atoms with Crippen LogP contribution in [0, 0.1) is 0 Å². The maximum Gasteiger partial charge on any atom is 0.251 e. The number of pyridine rings is 1. The van der Waals surface area contributed by atoms with Gasteiger partial charge in [0.15, 0.2) is 0 Å². The van der Waals surface area contributed by atoms with Gasteiger partial charge in [0.1, 0.15) is 5.82 Å². The molecule has 1 aliphatic rings. The first kappa shape index (κ1) is 19.1. The van der Waals surface area contributed by atoms with Gasteiger partial charge in [0.25, 0.3) is 5.91 Å². The summed E-state index contributed by atoms with van der Waals surface area (Å²) in [5, 5.41) is 6.24. The first-order valence-electron chi connectivity index (χ1n) is 9.20. The molecule has 0 unspecified atom stereocenters. The molecular formula is C20H27N5O2. The van der Waals surface area contributed by atoms with Gasteiger partial charge in [-0.15, -0.1) is 0 Å². The number of nitrogens with zero attached hydrogens (tertiary/aromatic N) is 3. The molecule has 1 saturated heterocycles. The Morgan fingerprint density at radius 1 is 1.22 bits per heavy atom. The fourth-order valence-corrected chi connectivity index (χ4v) is 2.90. The Bertz CT molecular complexity index is 760. The normalized spacial score (nSPS) is 14.6. The lowest BCUT2D eigenvalue weighted by Crippen LogP contribution is -2.41. The number of rotatable bonds is 7.